The average molecular weight is 275 g/mol. The van der Waals surface area contributed by atoms with Crippen LogP contribution in [0.3, 0.4) is 0 Å². The zero-order valence-electron chi connectivity index (χ0n) is 12.7. The predicted octanol–water partition coefficient (Wildman–Crippen LogP) is 1.65. The number of rotatable bonds is 4. The smallest absolute Gasteiger partial charge is 0.226 e. The van der Waals surface area contributed by atoms with Gasteiger partial charge >= 0.3 is 0 Å². The Hall–Kier alpha value is -1.36. The first kappa shape index (κ1) is 13.6. The van der Waals surface area contributed by atoms with Crippen molar-refractivity contribution in [2.75, 3.05) is 30.4 Å². The van der Waals surface area contributed by atoms with Crippen molar-refractivity contribution in [1.29, 1.82) is 0 Å². The summed E-state index contributed by atoms with van der Waals surface area (Å²) in [5, 5.41) is 3.71. The fraction of sp³-hybridized carbons (Fsp3) is 0.733. The van der Waals surface area contributed by atoms with Crippen molar-refractivity contribution in [2.45, 2.75) is 50.7 Å². The van der Waals surface area contributed by atoms with E-state index in [1.165, 1.54) is 25.7 Å². The average Bonchev–Trinajstić information content (AvgIpc) is 2.79. The largest absolute Gasteiger partial charge is 0.354 e. The van der Waals surface area contributed by atoms with Gasteiger partial charge in [-0.1, -0.05) is 0 Å². The van der Waals surface area contributed by atoms with E-state index < -0.39 is 0 Å². The molecule has 0 spiro atoms. The maximum Gasteiger partial charge on any atom is 0.226 e. The number of nitrogens with one attached hydrogen (secondary N) is 1. The molecule has 5 nitrogen and oxygen atoms in total. The van der Waals surface area contributed by atoms with Crippen LogP contribution in [-0.2, 0) is 0 Å². The normalized spacial score (nSPS) is 28.4. The Kier molecular flexibility index (Phi) is 3.78. The molecule has 3 heterocycles. The van der Waals surface area contributed by atoms with Gasteiger partial charge in [0.25, 0.3) is 0 Å². The van der Waals surface area contributed by atoms with Gasteiger partial charge in [0.15, 0.2) is 0 Å². The van der Waals surface area contributed by atoms with E-state index in [1.807, 2.05) is 31.3 Å². The molecule has 0 amide bonds. The van der Waals surface area contributed by atoms with Crippen LogP contribution >= 0.6 is 0 Å². The summed E-state index contributed by atoms with van der Waals surface area (Å²) in [4.78, 5) is 13.4. The quantitative estimate of drug-likeness (QED) is 0.905. The lowest BCUT2D eigenvalue weighted by molar-refractivity contribution is 0.348. The van der Waals surface area contributed by atoms with E-state index >= 15 is 0 Å². The zero-order valence-corrected chi connectivity index (χ0v) is 12.7. The summed E-state index contributed by atoms with van der Waals surface area (Å²) in [5.74, 6) is 1.86. The van der Waals surface area contributed by atoms with Gasteiger partial charge in [0, 0.05) is 45.0 Å². The lowest BCUT2D eigenvalue weighted by atomic mass is 9.98. The third kappa shape index (κ3) is 2.59. The molecule has 2 bridgehead atoms. The first-order valence-electron chi connectivity index (χ1n) is 7.70. The van der Waals surface area contributed by atoms with E-state index in [0.29, 0.717) is 18.1 Å². The van der Waals surface area contributed by atoms with Crippen LogP contribution in [0, 0.1) is 0 Å². The summed E-state index contributed by atoms with van der Waals surface area (Å²) < 4.78 is 0. The number of nitrogens with zero attached hydrogens (tertiary/aromatic N) is 4. The van der Waals surface area contributed by atoms with Crippen LogP contribution in [0.4, 0.5) is 11.8 Å². The van der Waals surface area contributed by atoms with Crippen LogP contribution in [0.25, 0.3) is 0 Å². The van der Waals surface area contributed by atoms with E-state index in [4.69, 9.17) is 4.98 Å². The molecule has 5 heteroatoms. The topological polar surface area (TPSA) is 44.3 Å². The second kappa shape index (κ2) is 5.56. The molecule has 2 atom stereocenters. The van der Waals surface area contributed by atoms with Crippen molar-refractivity contribution >= 4 is 11.8 Å². The van der Waals surface area contributed by atoms with Gasteiger partial charge in [-0.2, -0.15) is 4.98 Å². The fourth-order valence-corrected chi connectivity index (χ4v) is 3.60. The Balaban J connectivity index is 1.80. The van der Waals surface area contributed by atoms with E-state index in [2.05, 4.69) is 22.1 Å². The van der Waals surface area contributed by atoms with Crippen LogP contribution in [0.15, 0.2) is 12.3 Å². The van der Waals surface area contributed by atoms with E-state index in [-0.39, 0.29) is 0 Å². The number of hydrogen-bond donors (Lipinski definition) is 1. The van der Waals surface area contributed by atoms with Crippen molar-refractivity contribution in [3.05, 3.63) is 12.3 Å². The van der Waals surface area contributed by atoms with Gasteiger partial charge in [-0.05, 0) is 38.7 Å². The van der Waals surface area contributed by atoms with Crippen molar-refractivity contribution in [3.8, 4) is 0 Å². The number of piperidine rings is 1. The maximum absolute atomic E-state index is 4.71. The van der Waals surface area contributed by atoms with E-state index in [0.717, 1.165) is 18.3 Å². The Bertz CT molecular complexity index is 449. The molecular formula is C15H25N5. The molecule has 0 saturated carbocycles. The van der Waals surface area contributed by atoms with Crippen molar-refractivity contribution in [2.24, 2.45) is 0 Å². The van der Waals surface area contributed by atoms with Crippen LogP contribution in [0.2, 0.25) is 0 Å². The highest BCUT2D eigenvalue weighted by atomic mass is 15.3. The van der Waals surface area contributed by atoms with Gasteiger partial charge in [0.05, 0.1) is 0 Å². The second-order valence-electron chi connectivity index (χ2n) is 6.16. The van der Waals surface area contributed by atoms with Gasteiger partial charge < -0.3 is 15.1 Å². The standard InChI is InChI=1S/C15H25N5/c1-4-20(13-9-11-5-6-12(10-13)17-11)14-7-8-16-15(18-14)19(2)3/h7-8,11-13,17H,4-6,9-10H2,1-3H3. The Morgan fingerprint density at radius 2 is 1.95 bits per heavy atom. The molecule has 2 fully saturated rings. The molecule has 2 unspecified atom stereocenters. The van der Waals surface area contributed by atoms with Gasteiger partial charge in [0.2, 0.25) is 5.95 Å². The molecule has 1 aromatic heterocycles. The maximum atomic E-state index is 4.71. The summed E-state index contributed by atoms with van der Waals surface area (Å²) in [7, 11) is 3.97. The summed E-state index contributed by atoms with van der Waals surface area (Å²) in [5.41, 5.74) is 0. The molecule has 0 radical (unpaired) electrons. The number of aromatic nitrogens is 2. The molecule has 1 aromatic rings. The number of anilines is 2. The van der Waals surface area contributed by atoms with Crippen LogP contribution in [0.5, 0.6) is 0 Å². The summed E-state index contributed by atoms with van der Waals surface area (Å²) in [6.45, 7) is 3.23. The fourth-order valence-electron chi connectivity index (χ4n) is 3.60. The lowest BCUT2D eigenvalue weighted by Gasteiger charge is -2.38. The summed E-state index contributed by atoms with van der Waals surface area (Å²) >= 11 is 0. The van der Waals surface area contributed by atoms with Crippen LogP contribution in [0.1, 0.15) is 32.6 Å². The molecule has 1 N–H and O–H groups in total. The lowest BCUT2D eigenvalue weighted by Crippen LogP contribution is -2.48. The van der Waals surface area contributed by atoms with Gasteiger partial charge in [-0.25, -0.2) is 4.98 Å². The highest BCUT2D eigenvalue weighted by Gasteiger charge is 2.36. The van der Waals surface area contributed by atoms with Gasteiger partial charge in [-0.15, -0.1) is 0 Å². The highest BCUT2D eigenvalue weighted by molar-refractivity contribution is 5.44. The van der Waals surface area contributed by atoms with Crippen LogP contribution in [-0.4, -0.2) is 48.7 Å². The van der Waals surface area contributed by atoms with Gasteiger partial charge in [-0.3, -0.25) is 0 Å². The molecular weight excluding hydrogens is 250 g/mol. The van der Waals surface area contributed by atoms with Crippen LogP contribution < -0.4 is 15.1 Å². The minimum atomic E-state index is 0.615. The second-order valence-corrected chi connectivity index (χ2v) is 6.16. The molecule has 20 heavy (non-hydrogen) atoms. The van der Waals surface area contributed by atoms with Crippen molar-refractivity contribution in [1.82, 2.24) is 15.3 Å². The van der Waals surface area contributed by atoms with Crippen molar-refractivity contribution in [3.63, 3.8) is 0 Å². The third-order valence-corrected chi connectivity index (χ3v) is 4.55. The molecule has 3 rings (SSSR count). The van der Waals surface area contributed by atoms with E-state index in [9.17, 15) is 0 Å². The molecule has 2 aliphatic heterocycles. The SMILES string of the molecule is CCN(c1ccnc(N(C)C)n1)C1CC2CCC(C1)N2. The third-order valence-electron chi connectivity index (χ3n) is 4.55. The van der Waals surface area contributed by atoms with Gasteiger partial charge in [0.1, 0.15) is 5.82 Å². The van der Waals surface area contributed by atoms with E-state index in [1.54, 1.807) is 0 Å². The molecule has 0 aliphatic carbocycles. The predicted molar refractivity (Wildman–Crippen MR) is 82.3 cm³/mol. The Morgan fingerprint density at radius 3 is 2.55 bits per heavy atom. The minimum absolute atomic E-state index is 0.615. The van der Waals surface area contributed by atoms with Crippen molar-refractivity contribution < 1.29 is 0 Å². The Morgan fingerprint density at radius 1 is 1.25 bits per heavy atom. The summed E-state index contributed by atoms with van der Waals surface area (Å²) in [6.07, 6.45) is 7.03. The summed E-state index contributed by atoms with van der Waals surface area (Å²) in [6, 6.07) is 4.08. The first-order valence-corrected chi connectivity index (χ1v) is 7.70. The zero-order chi connectivity index (χ0) is 14.1. The first-order chi connectivity index (χ1) is 9.67. The number of fused-ring (bicyclic) bond motifs is 2. The molecule has 0 aromatic carbocycles. The Labute approximate surface area is 121 Å². The monoisotopic (exact) mass is 275 g/mol. The minimum Gasteiger partial charge on any atom is -0.354 e. The molecule has 2 saturated heterocycles. The number of hydrogen-bond acceptors (Lipinski definition) is 5. The molecule has 2 aliphatic rings. The molecule has 110 valence electrons. The highest BCUT2D eigenvalue weighted by Crippen LogP contribution is 2.31.